The molecule has 0 aliphatic rings. The quantitative estimate of drug-likeness (QED) is 0.831. The third-order valence-electron chi connectivity index (χ3n) is 3.75. The number of hydrogen-bond acceptors (Lipinski definition) is 4. The SMILES string of the molecule is CCC(C)(C)CNS(=O)(=O)c1ccc(N)c2cccnc12. The van der Waals surface area contributed by atoms with Crippen LogP contribution >= 0.6 is 0 Å². The van der Waals surface area contributed by atoms with Gasteiger partial charge in [0.15, 0.2) is 0 Å². The highest BCUT2D eigenvalue weighted by molar-refractivity contribution is 7.89. The lowest BCUT2D eigenvalue weighted by Gasteiger charge is -2.23. The van der Waals surface area contributed by atoms with Gasteiger partial charge in [0.2, 0.25) is 10.0 Å². The van der Waals surface area contributed by atoms with Crippen LogP contribution in [0.3, 0.4) is 0 Å². The minimum atomic E-state index is -3.61. The maximum Gasteiger partial charge on any atom is 0.242 e. The first-order chi connectivity index (χ1) is 9.77. The molecule has 1 aromatic heterocycles. The summed E-state index contributed by atoms with van der Waals surface area (Å²) in [6.07, 6.45) is 2.45. The van der Waals surface area contributed by atoms with Crippen molar-refractivity contribution in [3.05, 3.63) is 30.5 Å². The molecule has 0 saturated carbocycles. The molecule has 1 heterocycles. The number of pyridine rings is 1. The van der Waals surface area contributed by atoms with Gasteiger partial charge in [0.05, 0.1) is 5.52 Å². The number of nitrogens with zero attached hydrogens (tertiary/aromatic N) is 1. The van der Waals surface area contributed by atoms with Gasteiger partial charge in [-0.05, 0) is 36.1 Å². The van der Waals surface area contributed by atoms with E-state index in [4.69, 9.17) is 5.73 Å². The van der Waals surface area contributed by atoms with Crippen LogP contribution in [0.1, 0.15) is 27.2 Å². The molecule has 2 rings (SSSR count). The average molecular weight is 307 g/mol. The molecule has 5 nitrogen and oxygen atoms in total. The van der Waals surface area contributed by atoms with Gasteiger partial charge in [0.25, 0.3) is 0 Å². The number of benzene rings is 1. The zero-order valence-electron chi connectivity index (χ0n) is 12.6. The lowest BCUT2D eigenvalue weighted by molar-refractivity contribution is 0.350. The molecule has 114 valence electrons. The Labute approximate surface area is 125 Å². The molecule has 0 fully saturated rings. The zero-order chi connectivity index (χ0) is 15.7. The molecule has 0 aliphatic heterocycles. The summed E-state index contributed by atoms with van der Waals surface area (Å²) in [7, 11) is -3.61. The van der Waals surface area contributed by atoms with Crippen LogP contribution in [0.5, 0.6) is 0 Å². The maximum atomic E-state index is 12.5. The number of hydrogen-bond donors (Lipinski definition) is 2. The molecular formula is C15H21N3O2S. The third-order valence-corrected chi connectivity index (χ3v) is 5.19. The van der Waals surface area contributed by atoms with Gasteiger partial charge >= 0.3 is 0 Å². The second kappa shape index (κ2) is 5.61. The second-order valence-electron chi connectivity index (χ2n) is 5.89. The number of fused-ring (bicyclic) bond motifs is 1. The predicted molar refractivity (Wildman–Crippen MR) is 85.4 cm³/mol. The Kier molecular flexibility index (Phi) is 4.20. The first-order valence-corrected chi connectivity index (χ1v) is 8.38. The fraction of sp³-hybridized carbons (Fsp3) is 0.400. The van der Waals surface area contributed by atoms with E-state index in [1.807, 2.05) is 20.8 Å². The number of rotatable bonds is 5. The molecule has 6 heteroatoms. The predicted octanol–water partition coefficient (Wildman–Crippen LogP) is 2.53. The van der Waals surface area contributed by atoms with E-state index in [9.17, 15) is 8.42 Å². The molecule has 1 aromatic carbocycles. The van der Waals surface area contributed by atoms with Crippen LogP contribution in [0.2, 0.25) is 0 Å². The molecule has 0 saturated heterocycles. The first kappa shape index (κ1) is 15.7. The molecule has 0 unspecified atom stereocenters. The Morgan fingerprint density at radius 1 is 1.29 bits per heavy atom. The van der Waals surface area contributed by atoms with Crippen molar-refractivity contribution in [2.24, 2.45) is 5.41 Å². The van der Waals surface area contributed by atoms with Gasteiger partial charge in [-0.2, -0.15) is 0 Å². The van der Waals surface area contributed by atoms with Gasteiger partial charge < -0.3 is 5.73 Å². The van der Waals surface area contributed by atoms with E-state index in [0.717, 1.165) is 6.42 Å². The Hall–Kier alpha value is -1.66. The van der Waals surface area contributed by atoms with E-state index >= 15 is 0 Å². The maximum absolute atomic E-state index is 12.5. The third kappa shape index (κ3) is 3.33. The van der Waals surface area contributed by atoms with Gasteiger partial charge in [-0.15, -0.1) is 0 Å². The van der Waals surface area contributed by atoms with Crippen molar-refractivity contribution in [1.82, 2.24) is 9.71 Å². The van der Waals surface area contributed by atoms with Gasteiger partial charge in [-0.25, -0.2) is 13.1 Å². The highest BCUT2D eigenvalue weighted by atomic mass is 32.2. The summed E-state index contributed by atoms with van der Waals surface area (Å²) in [5, 5.41) is 0.648. The van der Waals surface area contributed by atoms with Crippen molar-refractivity contribution >= 4 is 26.6 Å². The molecule has 2 aromatic rings. The largest absolute Gasteiger partial charge is 0.398 e. The fourth-order valence-corrected chi connectivity index (χ4v) is 3.28. The van der Waals surface area contributed by atoms with E-state index < -0.39 is 10.0 Å². The second-order valence-corrected chi connectivity index (χ2v) is 7.63. The highest BCUT2D eigenvalue weighted by Crippen LogP contribution is 2.26. The van der Waals surface area contributed by atoms with Crippen molar-refractivity contribution < 1.29 is 8.42 Å². The van der Waals surface area contributed by atoms with Crippen molar-refractivity contribution in [1.29, 1.82) is 0 Å². The van der Waals surface area contributed by atoms with Crippen LogP contribution in [-0.2, 0) is 10.0 Å². The standard InChI is InChI=1S/C15H21N3O2S/c1-4-15(2,3)10-18-21(19,20)13-8-7-12(16)11-6-5-9-17-14(11)13/h5-9,18H,4,10,16H2,1-3H3. The Morgan fingerprint density at radius 3 is 2.67 bits per heavy atom. The number of nitrogens with one attached hydrogen (secondary N) is 1. The monoisotopic (exact) mass is 307 g/mol. The summed E-state index contributed by atoms with van der Waals surface area (Å²) in [5.74, 6) is 0. The number of anilines is 1. The average Bonchev–Trinajstić information content (AvgIpc) is 2.46. The molecule has 0 atom stereocenters. The van der Waals surface area contributed by atoms with Gasteiger partial charge in [-0.1, -0.05) is 20.8 Å². The molecule has 0 amide bonds. The molecule has 21 heavy (non-hydrogen) atoms. The molecule has 0 radical (unpaired) electrons. The van der Waals surface area contributed by atoms with E-state index in [1.54, 1.807) is 24.4 Å². The molecular weight excluding hydrogens is 286 g/mol. The smallest absolute Gasteiger partial charge is 0.242 e. The van der Waals surface area contributed by atoms with Crippen LogP contribution in [0.4, 0.5) is 5.69 Å². The number of aromatic nitrogens is 1. The van der Waals surface area contributed by atoms with Crippen LogP contribution in [-0.4, -0.2) is 19.9 Å². The number of sulfonamides is 1. The van der Waals surface area contributed by atoms with E-state index in [2.05, 4.69) is 9.71 Å². The number of nitrogen functional groups attached to an aromatic ring is 1. The molecule has 0 bridgehead atoms. The zero-order valence-corrected chi connectivity index (χ0v) is 13.4. The molecule has 0 spiro atoms. The molecule has 3 N–H and O–H groups in total. The van der Waals surface area contributed by atoms with E-state index in [1.165, 1.54) is 6.07 Å². The molecule has 0 aliphatic carbocycles. The van der Waals surface area contributed by atoms with Crippen molar-refractivity contribution in [2.75, 3.05) is 12.3 Å². The van der Waals surface area contributed by atoms with Crippen LogP contribution in [0, 0.1) is 5.41 Å². The summed E-state index contributed by atoms with van der Waals surface area (Å²) in [4.78, 5) is 4.34. The Morgan fingerprint density at radius 2 is 2.00 bits per heavy atom. The Bertz CT molecular complexity index is 755. The van der Waals surface area contributed by atoms with Crippen LogP contribution in [0.25, 0.3) is 10.9 Å². The van der Waals surface area contributed by atoms with Gasteiger partial charge in [0, 0.05) is 23.8 Å². The highest BCUT2D eigenvalue weighted by Gasteiger charge is 2.23. The normalized spacial score (nSPS) is 12.7. The summed E-state index contributed by atoms with van der Waals surface area (Å²) in [6.45, 7) is 6.46. The Balaban J connectivity index is 2.44. The van der Waals surface area contributed by atoms with Crippen molar-refractivity contribution in [2.45, 2.75) is 32.1 Å². The number of nitrogens with two attached hydrogens (primary N) is 1. The van der Waals surface area contributed by atoms with Crippen LogP contribution in [0.15, 0.2) is 35.4 Å². The van der Waals surface area contributed by atoms with Gasteiger partial charge in [-0.3, -0.25) is 4.98 Å². The first-order valence-electron chi connectivity index (χ1n) is 6.90. The minimum Gasteiger partial charge on any atom is -0.398 e. The fourth-order valence-electron chi connectivity index (χ4n) is 1.88. The minimum absolute atomic E-state index is 0.0931. The van der Waals surface area contributed by atoms with Crippen molar-refractivity contribution in [3.8, 4) is 0 Å². The van der Waals surface area contributed by atoms with Gasteiger partial charge in [0.1, 0.15) is 4.90 Å². The lowest BCUT2D eigenvalue weighted by atomic mass is 9.91. The van der Waals surface area contributed by atoms with E-state index in [0.29, 0.717) is 23.1 Å². The summed E-state index contributed by atoms with van der Waals surface area (Å²) in [5.41, 5.74) is 6.71. The van der Waals surface area contributed by atoms with E-state index in [-0.39, 0.29) is 10.3 Å². The lowest BCUT2D eigenvalue weighted by Crippen LogP contribution is -2.33. The van der Waals surface area contributed by atoms with Crippen molar-refractivity contribution in [3.63, 3.8) is 0 Å². The summed E-state index contributed by atoms with van der Waals surface area (Å²) < 4.78 is 27.7. The van der Waals surface area contributed by atoms with Crippen LogP contribution < -0.4 is 10.5 Å². The summed E-state index contributed by atoms with van der Waals surface area (Å²) in [6, 6.07) is 6.62. The topological polar surface area (TPSA) is 85.1 Å². The summed E-state index contributed by atoms with van der Waals surface area (Å²) >= 11 is 0.